The molecule has 0 saturated carbocycles. The molecule has 194 valence electrons. The van der Waals surface area contributed by atoms with Crippen molar-refractivity contribution in [2.75, 3.05) is 0 Å². The Kier molecular flexibility index (Phi) is 6.88. The van der Waals surface area contributed by atoms with Crippen molar-refractivity contribution in [1.29, 1.82) is 0 Å². The Bertz CT molecular complexity index is 1490. The van der Waals surface area contributed by atoms with E-state index in [2.05, 4.69) is 0 Å². The highest BCUT2D eigenvalue weighted by Crippen LogP contribution is 2.40. The van der Waals surface area contributed by atoms with Gasteiger partial charge < -0.3 is 10.2 Å². The van der Waals surface area contributed by atoms with E-state index in [4.69, 9.17) is 0 Å². The summed E-state index contributed by atoms with van der Waals surface area (Å²) >= 11 is 0. The molecule has 40 heavy (non-hydrogen) atoms. The van der Waals surface area contributed by atoms with Crippen molar-refractivity contribution in [1.82, 2.24) is 0 Å². The topological polar surface area (TPSA) is 40.5 Å². The number of hydrogen-bond acceptors (Lipinski definition) is 2. The first-order chi connectivity index (χ1) is 19.6. The van der Waals surface area contributed by atoms with E-state index in [1.807, 2.05) is 170 Å². The van der Waals surface area contributed by atoms with Crippen LogP contribution in [0.1, 0.15) is 33.4 Å². The van der Waals surface area contributed by atoms with Crippen LogP contribution < -0.4 is 0 Å². The van der Waals surface area contributed by atoms with Crippen molar-refractivity contribution in [2.24, 2.45) is 0 Å². The molecule has 0 aliphatic rings. The van der Waals surface area contributed by atoms with Crippen LogP contribution in [0.4, 0.5) is 0 Å². The van der Waals surface area contributed by atoms with Crippen LogP contribution in [-0.4, -0.2) is 10.2 Å². The van der Waals surface area contributed by atoms with Gasteiger partial charge >= 0.3 is 0 Å². The van der Waals surface area contributed by atoms with E-state index in [0.717, 1.165) is 44.5 Å². The van der Waals surface area contributed by atoms with E-state index in [1.54, 1.807) is 0 Å². The highest BCUT2D eigenvalue weighted by Gasteiger charge is 2.35. The van der Waals surface area contributed by atoms with E-state index in [1.165, 1.54) is 0 Å². The second kappa shape index (κ2) is 10.8. The van der Waals surface area contributed by atoms with Crippen LogP contribution in [0.15, 0.2) is 170 Å². The van der Waals surface area contributed by atoms with Crippen LogP contribution in [0.25, 0.3) is 11.1 Å². The molecular formula is C38H30O2. The van der Waals surface area contributed by atoms with E-state index in [9.17, 15) is 10.2 Å². The summed E-state index contributed by atoms with van der Waals surface area (Å²) in [7, 11) is 0. The molecular weight excluding hydrogens is 488 g/mol. The third-order valence-corrected chi connectivity index (χ3v) is 7.66. The maximum absolute atomic E-state index is 12.3. The zero-order valence-electron chi connectivity index (χ0n) is 22.1. The minimum atomic E-state index is -1.33. The summed E-state index contributed by atoms with van der Waals surface area (Å²) in [4.78, 5) is 0. The lowest BCUT2D eigenvalue weighted by Gasteiger charge is -2.31. The first-order valence-corrected chi connectivity index (χ1v) is 13.5. The Morgan fingerprint density at radius 3 is 0.800 bits per heavy atom. The lowest BCUT2D eigenvalue weighted by molar-refractivity contribution is 0.125. The predicted molar refractivity (Wildman–Crippen MR) is 162 cm³/mol. The molecule has 0 fully saturated rings. The Morgan fingerprint density at radius 1 is 0.275 bits per heavy atom. The lowest BCUT2D eigenvalue weighted by atomic mass is 9.78. The number of aliphatic hydroxyl groups is 2. The molecule has 0 aliphatic heterocycles. The van der Waals surface area contributed by atoms with Crippen LogP contribution in [-0.2, 0) is 11.2 Å². The largest absolute Gasteiger partial charge is 0.376 e. The molecule has 6 aromatic carbocycles. The van der Waals surface area contributed by atoms with Crippen LogP contribution >= 0.6 is 0 Å². The van der Waals surface area contributed by atoms with E-state index >= 15 is 0 Å². The third kappa shape index (κ3) is 4.54. The van der Waals surface area contributed by atoms with Crippen molar-refractivity contribution in [3.8, 4) is 11.1 Å². The highest BCUT2D eigenvalue weighted by molar-refractivity contribution is 5.67. The summed E-state index contributed by atoms with van der Waals surface area (Å²) < 4.78 is 0. The smallest absolute Gasteiger partial charge is 0.140 e. The van der Waals surface area contributed by atoms with Gasteiger partial charge in [0.1, 0.15) is 11.2 Å². The summed E-state index contributed by atoms with van der Waals surface area (Å²) in [5.41, 5.74) is 3.99. The number of hydrogen-bond donors (Lipinski definition) is 2. The highest BCUT2D eigenvalue weighted by atomic mass is 16.3. The molecule has 6 aromatic rings. The van der Waals surface area contributed by atoms with Crippen molar-refractivity contribution in [3.63, 3.8) is 0 Å². The van der Waals surface area contributed by atoms with Crippen molar-refractivity contribution in [3.05, 3.63) is 203 Å². The molecule has 0 spiro atoms. The Labute approximate surface area is 235 Å². The van der Waals surface area contributed by atoms with Crippen LogP contribution in [0.5, 0.6) is 0 Å². The molecule has 0 unspecified atom stereocenters. The summed E-state index contributed by atoms with van der Waals surface area (Å²) in [6.07, 6.45) is 0. The zero-order valence-corrected chi connectivity index (χ0v) is 22.1. The normalized spacial score (nSPS) is 11.8. The summed E-state index contributed by atoms with van der Waals surface area (Å²) in [6, 6.07) is 55.2. The van der Waals surface area contributed by atoms with Gasteiger partial charge in [0.15, 0.2) is 0 Å². The lowest BCUT2D eigenvalue weighted by Crippen LogP contribution is -2.29. The first-order valence-electron chi connectivity index (χ1n) is 13.5. The fourth-order valence-corrected chi connectivity index (χ4v) is 5.57. The predicted octanol–water partition coefficient (Wildman–Crippen LogP) is 7.92. The summed E-state index contributed by atoms with van der Waals surface area (Å²) in [5, 5.41) is 24.7. The van der Waals surface area contributed by atoms with Gasteiger partial charge in [-0.2, -0.15) is 0 Å². The molecule has 2 N–H and O–H groups in total. The molecule has 2 heteroatoms. The molecule has 0 bridgehead atoms. The van der Waals surface area contributed by atoms with E-state index in [-0.39, 0.29) is 0 Å². The average molecular weight is 519 g/mol. The number of rotatable bonds is 7. The standard InChI is InChI=1S/C38H30O2/c39-37(31-17-5-1-6-18-31,32-19-7-2-8-20-32)35-25-13-15-29(27-35)30-16-14-26-36(28-30)38(40,33-21-9-3-10-22-33)34-23-11-4-12-24-34/h1-28,39-40H. The molecule has 0 saturated heterocycles. The monoisotopic (exact) mass is 518 g/mol. The fourth-order valence-electron chi connectivity index (χ4n) is 5.57. The van der Waals surface area contributed by atoms with Gasteiger partial charge in [-0.15, -0.1) is 0 Å². The number of benzene rings is 6. The Morgan fingerprint density at radius 2 is 0.525 bits per heavy atom. The Balaban J connectivity index is 1.49. The van der Waals surface area contributed by atoms with Crippen molar-refractivity contribution in [2.45, 2.75) is 11.2 Å². The molecule has 0 atom stereocenters. The second-order valence-electron chi connectivity index (χ2n) is 10.0. The molecule has 6 rings (SSSR count). The van der Waals surface area contributed by atoms with Gasteiger partial charge in [0, 0.05) is 0 Å². The van der Waals surface area contributed by atoms with Gasteiger partial charge in [-0.1, -0.05) is 158 Å². The van der Waals surface area contributed by atoms with Gasteiger partial charge in [-0.05, 0) is 56.6 Å². The fraction of sp³-hybridized carbons (Fsp3) is 0.0526. The van der Waals surface area contributed by atoms with Gasteiger partial charge in [0.25, 0.3) is 0 Å². The molecule has 0 radical (unpaired) electrons. The average Bonchev–Trinajstić information content (AvgIpc) is 3.06. The molecule has 0 amide bonds. The second-order valence-corrected chi connectivity index (χ2v) is 10.0. The minimum Gasteiger partial charge on any atom is -0.376 e. The summed E-state index contributed by atoms with van der Waals surface area (Å²) in [5.74, 6) is 0. The van der Waals surface area contributed by atoms with Crippen LogP contribution in [0.2, 0.25) is 0 Å². The maximum atomic E-state index is 12.3. The van der Waals surface area contributed by atoms with E-state index in [0.29, 0.717) is 0 Å². The maximum Gasteiger partial charge on any atom is 0.140 e. The SMILES string of the molecule is OC(c1ccccc1)(c1ccccc1)c1cccc(-c2cccc(C(O)(c3ccccc3)c3ccccc3)c2)c1. The van der Waals surface area contributed by atoms with Gasteiger partial charge in [0.05, 0.1) is 0 Å². The van der Waals surface area contributed by atoms with Gasteiger partial charge in [0.2, 0.25) is 0 Å². The molecule has 2 nitrogen and oxygen atoms in total. The summed E-state index contributed by atoms with van der Waals surface area (Å²) in [6.45, 7) is 0. The zero-order chi connectivity index (χ0) is 27.4. The first kappa shape index (κ1) is 25.5. The van der Waals surface area contributed by atoms with Crippen LogP contribution in [0, 0.1) is 0 Å². The van der Waals surface area contributed by atoms with E-state index < -0.39 is 11.2 Å². The molecule has 0 heterocycles. The molecule has 0 aromatic heterocycles. The van der Waals surface area contributed by atoms with Gasteiger partial charge in [-0.3, -0.25) is 0 Å². The van der Waals surface area contributed by atoms with Crippen LogP contribution in [0.3, 0.4) is 0 Å². The quantitative estimate of drug-likeness (QED) is 0.211. The third-order valence-electron chi connectivity index (χ3n) is 7.66. The van der Waals surface area contributed by atoms with Crippen molar-refractivity contribution >= 4 is 0 Å². The van der Waals surface area contributed by atoms with Crippen molar-refractivity contribution < 1.29 is 10.2 Å². The Hall–Kier alpha value is -4.76. The van der Waals surface area contributed by atoms with Gasteiger partial charge in [-0.25, -0.2) is 0 Å². The minimum absolute atomic E-state index is 0.772. The molecule has 0 aliphatic carbocycles.